The Morgan fingerprint density at radius 2 is 1.14 bits per heavy atom. The van der Waals surface area contributed by atoms with Crippen LogP contribution in [-0.4, -0.2) is 0 Å². The summed E-state index contributed by atoms with van der Waals surface area (Å²) >= 11 is 0. The minimum Gasteiger partial charge on any atom is -0.454 e. The zero-order chi connectivity index (χ0) is 33.0. The smallest absolute Gasteiger partial charge is 0.161 e. The molecule has 1 atom stereocenters. The molecule has 0 radical (unpaired) electrons. The quantitative estimate of drug-likeness (QED) is 0.180. The third kappa shape index (κ3) is 4.52. The van der Waals surface area contributed by atoms with Gasteiger partial charge in [-0.05, 0) is 76.0 Å². The summed E-state index contributed by atoms with van der Waals surface area (Å²) in [5, 5.41) is 4.62. The molecule has 3 heteroatoms. The molecule has 2 heterocycles. The van der Waals surface area contributed by atoms with Crippen LogP contribution < -0.4 is 9.80 Å². The van der Waals surface area contributed by atoms with E-state index in [2.05, 4.69) is 198 Å². The highest BCUT2D eigenvalue weighted by Crippen LogP contribution is 2.55. The molecule has 236 valence electrons. The predicted octanol–water partition coefficient (Wildman–Crippen LogP) is 13.1. The van der Waals surface area contributed by atoms with Crippen molar-refractivity contribution in [2.75, 3.05) is 9.80 Å². The molecule has 0 bridgehead atoms. The molecule has 8 aromatic carbocycles. The zero-order valence-electron chi connectivity index (χ0n) is 27.3. The fraction of sp³-hybridized carbons (Fsp3) is 0.0213. The van der Waals surface area contributed by atoms with E-state index in [4.69, 9.17) is 4.42 Å². The number of fused-ring (bicyclic) bond motifs is 5. The van der Waals surface area contributed by atoms with Crippen molar-refractivity contribution in [3.05, 3.63) is 199 Å². The van der Waals surface area contributed by atoms with Crippen LogP contribution in [0.1, 0.15) is 17.2 Å². The van der Waals surface area contributed by atoms with Crippen LogP contribution in [-0.2, 0) is 0 Å². The summed E-state index contributed by atoms with van der Waals surface area (Å²) in [5.41, 5.74) is 12.2. The molecule has 1 unspecified atom stereocenters. The van der Waals surface area contributed by atoms with Crippen molar-refractivity contribution < 1.29 is 4.42 Å². The van der Waals surface area contributed by atoms with Gasteiger partial charge in [-0.2, -0.15) is 0 Å². The lowest BCUT2D eigenvalue weighted by atomic mass is 9.86. The summed E-state index contributed by atoms with van der Waals surface area (Å²) in [5.74, 6) is 0. The number of anilines is 5. The lowest BCUT2D eigenvalue weighted by Gasteiger charge is -2.45. The summed E-state index contributed by atoms with van der Waals surface area (Å²) in [6, 6.07) is 67.3. The molecular weight excluding hydrogens is 609 g/mol. The molecule has 9 aromatic rings. The van der Waals surface area contributed by atoms with Crippen LogP contribution in [0.15, 0.2) is 192 Å². The van der Waals surface area contributed by atoms with Crippen LogP contribution in [0.3, 0.4) is 0 Å². The Kier molecular flexibility index (Phi) is 6.56. The van der Waals surface area contributed by atoms with E-state index in [1.807, 2.05) is 0 Å². The third-order valence-corrected chi connectivity index (χ3v) is 10.1. The topological polar surface area (TPSA) is 19.6 Å². The second-order valence-corrected chi connectivity index (χ2v) is 12.9. The number of nitrogens with zero attached hydrogens (tertiary/aromatic N) is 2. The zero-order valence-corrected chi connectivity index (χ0v) is 27.3. The number of rotatable bonds is 6. The Labute approximate surface area is 290 Å². The first-order chi connectivity index (χ1) is 24.8. The van der Waals surface area contributed by atoms with Gasteiger partial charge in [0.1, 0.15) is 5.58 Å². The molecule has 0 saturated heterocycles. The SMILES string of the molecule is c1ccc(-c2ccc(N(c3ccc4ccccc4c3)c3ccc(N4c5ccccc5C4c4ccccc4)c4c3oc3ccccc34)cc2)cc1. The summed E-state index contributed by atoms with van der Waals surface area (Å²) in [4.78, 5) is 4.82. The van der Waals surface area contributed by atoms with Crippen LogP contribution in [0.2, 0.25) is 0 Å². The molecule has 50 heavy (non-hydrogen) atoms. The van der Waals surface area contributed by atoms with Gasteiger partial charge in [0.05, 0.1) is 22.8 Å². The summed E-state index contributed by atoms with van der Waals surface area (Å²) in [6.45, 7) is 0. The van der Waals surface area contributed by atoms with Crippen molar-refractivity contribution in [2.24, 2.45) is 0 Å². The first-order valence-corrected chi connectivity index (χ1v) is 17.1. The molecule has 0 spiro atoms. The van der Waals surface area contributed by atoms with Gasteiger partial charge in [-0.3, -0.25) is 0 Å². The van der Waals surface area contributed by atoms with Crippen LogP contribution in [0.25, 0.3) is 43.8 Å². The molecule has 1 aliphatic rings. The average molecular weight is 641 g/mol. The van der Waals surface area contributed by atoms with E-state index in [0.29, 0.717) is 0 Å². The van der Waals surface area contributed by atoms with Crippen molar-refractivity contribution >= 4 is 61.1 Å². The van der Waals surface area contributed by atoms with Gasteiger partial charge in [0.25, 0.3) is 0 Å². The molecule has 0 saturated carbocycles. The molecule has 0 N–H and O–H groups in total. The Morgan fingerprint density at radius 3 is 1.98 bits per heavy atom. The molecule has 0 amide bonds. The van der Waals surface area contributed by atoms with Crippen molar-refractivity contribution in [2.45, 2.75) is 6.04 Å². The highest BCUT2D eigenvalue weighted by Gasteiger charge is 2.38. The van der Waals surface area contributed by atoms with Crippen molar-refractivity contribution in [1.29, 1.82) is 0 Å². The van der Waals surface area contributed by atoms with E-state index in [1.165, 1.54) is 38.7 Å². The number of furan rings is 1. The van der Waals surface area contributed by atoms with Crippen LogP contribution in [0.5, 0.6) is 0 Å². The first kappa shape index (κ1) is 28.4. The van der Waals surface area contributed by atoms with Gasteiger partial charge in [0.2, 0.25) is 0 Å². The van der Waals surface area contributed by atoms with Gasteiger partial charge in [0, 0.05) is 28.0 Å². The van der Waals surface area contributed by atoms with Gasteiger partial charge < -0.3 is 14.2 Å². The lowest BCUT2D eigenvalue weighted by molar-refractivity contribution is 0.668. The Balaban J connectivity index is 1.21. The summed E-state index contributed by atoms with van der Waals surface area (Å²) in [6.07, 6.45) is 0. The molecule has 3 nitrogen and oxygen atoms in total. The maximum absolute atomic E-state index is 6.91. The van der Waals surface area contributed by atoms with E-state index in [1.54, 1.807) is 0 Å². The molecule has 0 aliphatic carbocycles. The van der Waals surface area contributed by atoms with Crippen LogP contribution >= 0.6 is 0 Å². The van der Waals surface area contributed by atoms with E-state index < -0.39 is 0 Å². The predicted molar refractivity (Wildman–Crippen MR) is 208 cm³/mol. The molecule has 1 aliphatic heterocycles. The normalized spacial score (nSPS) is 13.8. The van der Waals surface area contributed by atoms with Crippen molar-refractivity contribution in [1.82, 2.24) is 0 Å². The standard InChI is InChI=1S/C47H32N2O/c1-3-13-32(14-4-1)34-23-26-37(27-24-34)48(38-28-25-33-15-7-8-18-36(33)31-38)43-30-29-42(45-40-20-10-12-22-44(40)50-47(43)45)49-41-21-11-9-19-39(41)46(49)35-16-5-2-6-17-35/h1-31,46H. The Hall–Kier alpha value is -6.58. The van der Waals surface area contributed by atoms with Gasteiger partial charge in [0.15, 0.2) is 5.58 Å². The van der Waals surface area contributed by atoms with E-state index in [9.17, 15) is 0 Å². The minimum absolute atomic E-state index is 0.109. The fourth-order valence-electron chi connectivity index (χ4n) is 7.73. The molecule has 0 fully saturated rings. The van der Waals surface area contributed by atoms with Crippen LogP contribution in [0, 0.1) is 0 Å². The third-order valence-electron chi connectivity index (χ3n) is 10.1. The minimum atomic E-state index is 0.109. The number of para-hydroxylation sites is 2. The second kappa shape index (κ2) is 11.5. The maximum Gasteiger partial charge on any atom is 0.161 e. The fourth-order valence-corrected chi connectivity index (χ4v) is 7.73. The molecular formula is C47H32N2O. The van der Waals surface area contributed by atoms with Crippen molar-refractivity contribution in [3.8, 4) is 11.1 Å². The monoisotopic (exact) mass is 640 g/mol. The number of hydrogen-bond donors (Lipinski definition) is 0. The Bertz CT molecular complexity index is 2660. The van der Waals surface area contributed by atoms with E-state index in [-0.39, 0.29) is 6.04 Å². The van der Waals surface area contributed by atoms with E-state index in [0.717, 1.165) is 44.7 Å². The number of hydrogen-bond acceptors (Lipinski definition) is 3. The van der Waals surface area contributed by atoms with Gasteiger partial charge in [-0.25, -0.2) is 0 Å². The highest BCUT2D eigenvalue weighted by atomic mass is 16.3. The Morgan fingerprint density at radius 1 is 0.480 bits per heavy atom. The lowest BCUT2D eigenvalue weighted by Crippen LogP contribution is -2.35. The largest absolute Gasteiger partial charge is 0.454 e. The van der Waals surface area contributed by atoms with Gasteiger partial charge in [-0.1, -0.05) is 140 Å². The van der Waals surface area contributed by atoms with Crippen molar-refractivity contribution in [3.63, 3.8) is 0 Å². The highest BCUT2D eigenvalue weighted by molar-refractivity contribution is 6.17. The van der Waals surface area contributed by atoms with E-state index >= 15 is 0 Å². The molecule has 1 aromatic heterocycles. The molecule has 10 rings (SSSR count). The summed E-state index contributed by atoms with van der Waals surface area (Å²) < 4.78 is 6.91. The number of benzene rings is 8. The van der Waals surface area contributed by atoms with Crippen LogP contribution in [0.4, 0.5) is 28.4 Å². The summed E-state index contributed by atoms with van der Waals surface area (Å²) in [7, 11) is 0. The average Bonchev–Trinajstić information content (AvgIpc) is 3.57. The first-order valence-electron chi connectivity index (χ1n) is 17.1. The second-order valence-electron chi connectivity index (χ2n) is 12.9. The van der Waals surface area contributed by atoms with Gasteiger partial charge >= 0.3 is 0 Å². The van der Waals surface area contributed by atoms with Gasteiger partial charge in [-0.15, -0.1) is 0 Å². The maximum atomic E-state index is 6.91.